The molecule has 1 saturated heterocycles. The largest absolute Gasteiger partial charge is 0.481 e. The number of aliphatic carboxylic acids is 1. The Hall–Kier alpha value is -1.40. The highest BCUT2D eigenvalue weighted by Crippen LogP contribution is 2.22. The average Bonchev–Trinajstić information content (AvgIpc) is 2.97. The van der Waals surface area contributed by atoms with Crippen LogP contribution < -0.4 is 0 Å². The topological polar surface area (TPSA) is 75.8 Å². The monoisotopic (exact) mass is 268 g/mol. The first-order chi connectivity index (χ1) is 9.11. The van der Waals surface area contributed by atoms with Gasteiger partial charge in [-0.25, -0.2) is 0 Å². The van der Waals surface area contributed by atoms with E-state index in [0.717, 1.165) is 24.4 Å². The predicted molar refractivity (Wildman–Crippen MR) is 67.7 cm³/mol. The minimum Gasteiger partial charge on any atom is -0.481 e. The summed E-state index contributed by atoms with van der Waals surface area (Å²) in [4.78, 5) is 13.4. The van der Waals surface area contributed by atoms with Crippen LogP contribution >= 0.6 is 0 Å². The van der Waals surface area contributed by atoms with Crippen LogP contribution in [-0.2, 0) is 16.1 Å². The number of ether oxygens (including phenoxy) is 1. The van der Waals surface area contributed by atoms with Crippen molar-refractivity contribution < 1.29 is 19.2 Å². The Morgan fingerprint density at radius 1 is 1.58 bits per heavy atom. The fourth-order valence-corrected chi connectivity index (χ4v) is 2.48. The van der Waals surface area contributed by atoms with Crippen molar-refractivity contribution in [2.45, 2.75) is 32.9 Å². The maximum atomic E-state index is 11.2. The quantitative estimate of drug-likeness (QED) is 0.838. The second-order valence-corrected chi connectivity index (χ2v) is 4.95. The van der Waals surface area contributed by atoms with Gasteiger partial charge in [-0.15, -0.1) is 0 Å². The van der Waals surface area contributed by atoms with E-state index in [9.17, 15) is 9.90 Å². The van der Waals surface area contributed by atoms with E-state index in [0.29, 0.717) is 13.2 Å². The summed E-state index contributed by atoms with van der Waals surface area (Å²) in [5.74, 6) is -0.491. The van der Waals surface area contributed by atoms with Crippen molar-refractivity contribution in [3.63, 3.8) is 0 Å². The van der Waals surface area contributed by atoms with Gasteiger partial charge >= 0.3 is 5.97 Å². The van der Waals surface area contributed by atoms with Crippen molar-refractivity contribution in [1.82, 2.24) is 10.1 Å². The molecule has 2 heterocycles. The SMILES string of the molecule is CCCN(Cc1cc(C)no1)C1COCC1C(=O)O. The van der Waals surface area contributed by atoms with E-state index in [1.165, 1.54) is 0 Å². The molecule has 0 radical (unpaired) electrons. The van der Waals surface area contributed by atoms with E-state index in [1.807, 2.05) is 13.0 Å². The number of rotatable bonds is 6. The van der Waals surface area contributed by atoms with Gasteiger partial charge < -0.3 is 14.4 Å². The van der Waals surface area contributed by atoms with E-state index >= 15 is 0 Å². The molecule has 1 N–H and O–H groups in total. The van der Waals surface area contributed by atoms with Crippen LogP contribution in [0.2, 0.25) is 0 Å². The molecular formula is C13H20N2O4. The van der Waals surface area contributed by atoms with Crippen molar-refractivity contribution >= 4 is 5.97 Å². The Morgan fingerprint density at radius 2 is 2.37 bits per heavy atom. The molecule has 0 aromatic carbocycles. The summed E-state index contributed by atoms with van der Waals surface area (Å²) >= 11 is 0. The predicted octanol–water partition coefficient (Wildman–Crippen LogP) is 1.29. The minimum atomic E-state index is -0.794. The summed E-state index contributed by atoms with van der Waals surface area (Å²) in [6, 6.07) is 1.79. The summed E-state index contributed by atoms with van der Waals surface area (Å²) in [7, 11) is 0. The molecule has 6 nitrogen and oxygen atoms in total. The van der Waals surface area contributed by atoms with Gasteiger partial charge in [-0.1, -0.05) is 12.1 Å². The lowest BCUT2D eigenvalue weighted by atomic mass is 10.0. The minimum absolute atomic E-state index is 0.0946. The number of carboxylic acids is 1. The standard InChI is InChI=1S/C13H20N2O4/c1-3-4-15(6-10-5-9(2)14-19-10)12-8-18-7-11(12)13(16)17/h5,11-12H,3-4,6-8H2,1-2H3,(H,16,17). The van der Waals surface area contributed by atoms with Gasteiger partial charge in [-0.05, 0) is 19.9 Å². The third-order valence-corrected chi connectivity index (χ3v) is 3.38. The molecule has 106 valence electrons. The highest BCUT2D eigenvalue weighted by molar-refractivity contribution is 5.71. The first-order valence-corrected chi connectivity index (χ1v) is 6.58. The highest BCUT2D eigenvalue weighted by atomic mass is 16.5. The fourth-order valence-electron chi connectivity index (χ4n) is 2.48. The van der Waals surface area contributed by atoms with Crippen LogP contribution in [0.1, 0.15) is 24.8 Å². The van der Waals surface area contributed by atoms with E-state index in [2.05, 4.69) is 17.0 Å². The number of aryl methyl sites for hydroxylation is 1. The molecule has 1 aliphatic rings. The Bertz CT molecular complexity index is 432. The Balaban J connectivity index is 2.08. The summed E-state index contributed by atoms with van der Waals surface area (Å²) in [5.41, 5.74) is 0.837. The van der Waals surface area contributed by atoms with Crippen LogP contribution in [0, 0.1) is 12.8 Å². The Morgan fingerprint density at radius 3 is 2.95 bits per heavy atom. The maximum absolute atomic E-state index is 11.2. The fraction of sp³-hybridized carbons (Fsp3) is 0.692. The maximum Gasteiger partial charge on any atom is 0.310 e. The lowest BCUT2D eigenvalue weighted by Crippen LogP contribution is -2.43. The van der Waals surface area contributed by atoms with Crippen LogP contribution in [0.25, 0.3) is 0 Å². The van der Waals surface area contributed by atoms with Crippen LogP contribution in [0.4, 0.5) is 0 Å². The lowest BCUT2D eigenvalue weighted by molar-refractivity contribution is -0.143. The number of hydrogen-bond donors (Lipinski definition) is 1. The van der Waals surface area contributed by atoms with Gasteiger partial charge in [0.1, 0.15) is 0 Å². The average molecular weight is 268 g/mol. The van der Waals surface area contributed by atoms with E-state index in [4.69, 9.17) is 9.26 Å². The molecule has 0 aliphatic carbocycles. The van der Waals surface area contributed by atoms with E-state index < -0.39 is 11.9 Å². The summed E-state index contributed by atoms with van der Waals surface area (Å²) < 4.78 is 10.5. The van der Waals surface area contributed by atoms with Crippen LogP contribution in [0.3, 0.4) is 0 Å². The van der Waals surface area contributed by atoms with Gasteiger partial charge in [0, 0.05) is 12.1 Å². The molecule has 0 spiro atoms. The van der Waals surface area contributed by atoms with Crippen molar-refractivity contribution in [1.29, 1.82) is 0 Å². The molecule has 19 heavy (non-hydrogen) atoms. The first kappa shape index (κ1) is 14.0. The number of carbonyl (C=O) groups is 1. The van der Waals surface area contributed by atoms with E-state index in [-0.39, 0.29) is 12.6 Å². The lowest BCUT2D eigenvalue weighted by Gasteiger charge is -2.28. The van der Waals surface area contributed by atoms with Crippen molar-refractivity contribution in [2.75, 3.05) is 19.8 Å². The van der Waals surface area contributed by atoms with Crippen LogP contribution in [0.5, 0.6) is 0 Å². The molecule has 0 bridgehead atoms. The van der Waals surface area contributed by atoms with Crippen molar-refractivity contribution in [3.8, 4) is 0 Å². The van der Waals surface area contributed by atoms with Gasteiger partial charge in [0.15, 0.2) is 5.76 Å². The number of nitrogens with zero attached hydrogens (tertiary/aromatic N) is 2. The molecule has 0 saturated carbocycles. The summed E-state index contributed by atoms with van der Waals surface area (Å²) in [6.07, 6.45) is 0.954. The van der Waals surface area contributed by atoms with E-state index in [1.54, 1.807) is 0 Å². The highest BCUT2D eigenvalue weighted by Gasteiger charge is 2.38. The molecule has 2 unspecified atom stereocenters. The number of carboxylic acid groups (broad SMARTS) is 1. The molecule has 0 amide bonds. The third-order valence-electron chi connectivity index (χ3n) is 3.38. The van der Waals surface area contributed by atoms with Gasteiger partial charge in [0.25, 0.3) is 0 Å². The Kier molecular flexibility index (Phi) is 4.55. The van der Waals surface area contributed by atoms with Crippen LogP contribution in [-0.4, -0.2) is 46.9 Å². The first-order valence-electron chi connectivity index (χ1n) is 6.58. The molecule has 1 aliphatic heterocycles. The smallest absolute Gasteiger partial charge is 0.310 e. The number of hydrogen-bond acceptors (Lipinski definition) is 5. The molecule has 6 heteroatoms. The summed E-state index contributed by atoms with van der Waals surface area (Å²) in [5, 5.41) is 13.1. The zero-order valence-corrected chi connectivity index (χ0v) is 11.3. The van der Waals surface area contributed by atoms with Gasteiger partial charge in [-0.2, -0.15) is 0 Å². The Labute approximate surface area is 112 Å². The van der Waals surface area contributed by atoms with Crippen molar-refractivity contribution in [3.05, 3.63) is 17.5 Å². The second kappa shape index (κ2) is 6.16. The molecule has 2 atom stereocenters. The zero-order chi connectivity index (χ0) is 13.8. The molecule has 1 aromatic heterocycles. The molecule has 2 rings (SSSR count). The normalized spacial score (nSPS) is 23.1. The van der Waals surface area contributed by atoms with Crippen LogP contribution in [0.15, 0.2) is 10.6 Å². The zero-order valence-electron chi connectivity index (χ0n) is 11.3. The molecular weight excluding hydrogens is 248 g/mol. The van der Waals surface area contributed by atoms with Crippen molar-refractivity contribution in [2.24, 2.45) is 5.92 Å². The summed E-state index contributed by atoms with van der Waals surface area (Å²) in [6.45, 7) is 6.09. The van der Waals surface area contributed by atoms with Gasteiger partial charge in [0.05, 0.1) is 31.4 Å². The molecule has 1 aromatic rings. The third kappa shape index (κ3) is 3.33. The van der Waals surface area contributed by atoms with Gasteiger partial charge in [0.2, 0.25) is 0 Å². The molecule has 1 fully saturated rings. The second-order valence-electron chi connectivity index (χ2n) is 4.95. The number of aromatic nitrogens is 1. The van der Waals surface area contributed by atoms with Gasteiger partial charge in [-0.3, -0.25) is 9.69 Å².